The molecule has 4 heteroatoms. The van der Waals surface area contributed by atoms with E-state index >= 15 is 0 Å². The summed E-state index contributed by atoms with van der Waals surface area (Å²) in [7, 11) is 0. The Bertz CT molecular complexity index is 950. The van der Waals surface area contributed by atoms with Crippen molar-refractivity contribution in [3.05, 3.63) is 112 Å². The summed E-state index contributed by atoms with van der Waals surface area (Å²) in [6.45, 7) is 1.90. The van der Waals surface area contributed by atoms with Crippen molar-refractivity contribution in [2.24, 2.45) is 11.5 Å². The maximum absolute atomic E-state index is 6.38. The first-order valence-corrected chi connectivity index (χ1v) is 9.56. The molecule has 1 atom stereocenters. The van der Waals surface area contributed by atoms with Crippen molar-refractivity contribution in [2.75, 3.05) is 6.54 Å². The Morgan fingerprint density at radius 1 is 0.893 bits per heavy atom. The van der Waals surface area contributed by atoms with Gasteiger partial charge in [0.15, 0.2) is 0 Å². The highest BCUT2D eigenvalue weighted by atomic mass is 16.5. The second-order valence-electron chi connectivity index (χ2n) is 6.92. The fraction of sp³-hybridized carbons (Fsp3) is 0.167. The van der Waals surface area contributed by atoms with E-state index in [4.69, 9.17) is 16.2 Å². The number of nitrogens with two attached hydrogens (primary N) is 2. The SMILES string of the molecule is NCc1ccc(C2=CC(C3=CCNC=C3)=CC(c3ccc(CN)cc3)O2)cc1. The van der Waals surface area contributed by atoms with Gasteiger partial charge in [-0.1, -0.05) is 54.6 Å². The number of dihydropyridines is 1. The van der Waals surface area contributed by atoms with E-state index in [-0.39, 0.29) is 6.10 Å². The monoisotopic (exact) mass is 371 g/mol. The average molecular weight is 371 g/mol. The van der Waals surface area contributed by atoms with Gasteiger partial charge in [0.2, 0.25) is 0 Å². The maximum Gasteiger partial charge on any atom is 0.143 e. The number of allylic oxidation sites excluding steroid dienone is 4. The van der Waals surface area contributed by atoms with Crippen molar-refractivity contribution in [3.63, 3.8) is 0 Å². The van der Waals surface area contributed by atoms with E-state index in [1.54, 1.807) is 0 Å². The van der Waals surface area contributed by atoms with Gasteiger partial charge in [-0.25, -0.2) is 0 Å². The summed E-state index contributed by atoms with van der Waals surface area (Å²) in [5, 5.41) is 3.21. The van der Waals surface area contributed by atoms with Crippen molar-refractivity contribution in [3.8, 4) is 0 Å². The highest BCUT2D eigenvalue weighted by molar-refractivity contribution is 5.68. The molecule has 2 aliphatic heterocycles. The number of nitrogens with one attached hydrogen (secondary N) is 1. The van der Waals surface area contributed by atoms with Gasteiger partial charge < -0.3 is 21.5 Å². The minimum atomic E-state index is -0.153. The fourth-order valence-electron chi connectivity index (χ4n) is 3.37. The molecule has 0 spiro atoms. The Morgan fingerprint density at radius 2 is 1.57 bits per heavy atom. The molecule has 28 heavy (non-hydrogen) atoms. The molecule has 2 aliphatic rings. The summed E-state index contributed by atoms with van der Waals surface area (Å²) < 4.78 is 6.38. The van der Waals surface area contributed by atoms with Crippen LogP contribution in [0.25, 0.3) is 5.76 Å². The first-order chi connectivity index (χ1) is 13.8. The number of rotatable bonds is 5. The summed E-state index contributed by atoms with van der Waals surface area (Å²) in [5.41, 5.74) is 18.2. The smallest absolute Gasteiger partial charge is 0.143 e. The van der Waals surface area contributed by atoms with Crippen molar-refractivity contribution < 1.29 is 4.74 Å². The van der Waals surface area contributed by atoms with Crippen LogP contribution in [-0.2, 0) is 17.8 Å². The molecule has 0 aliphatic carbocycles. The first-order valence-electron chi connectivity index (χ1n) is 9.56. The van der Waals surface area contributed by atoms with Gasteiger partial charge in [-0.3, -0.25) is 0 Å². The van der Waals surface area contributed by atoms with Crippen LogP contribution >= 0.6 is 0 Å². The van der Waals surface area contributed by atoms with Crippen LogP contribution in [0.5, 0.6) is 0 Å². The molecule has 2 aromatic carbocycles. The molecule has 0 saturated carbocycles. The Labute approximate surface area is 165 Å². The lowest BCUT2D eigenvalue weighted by Crippen LogP contribution is -2.12. The van der Waals surface area contributed by atoms with Gasteiger partial charge in [0.1, 0.15) is 11.9 Å². The summed E-state index contributed by atoms with van der Waals surface area (Å²) in [4.78, 5) is 0. The van der Waals surface area contributed by atoms with Crippen LogP contribution in [0.1, 0.15) is 28.4 Å². The van der Waals surface area contributed by atoms with Gasteiger partial charge in [-0.2, -0.15) is 0 Å². The molecule has 1 unspecified atom stereocenters. The largest absolute Gasteiger partial charge is 0.481 e. The quantitative estimate of drug-likeness (QED) is 0.749. The van der Waals surface area contributed by atoms with Crippen LogP contribution in [0.4, 0.5) is 0 Å². The molecule has 0 amide bonds. The maximum atomic E-state index is 6.38. The minimum Gasteiger partial charge on any atom is -0.481 e. The molecule has 2 heterocycles. The molecule has 5 N–H and O–H groups in total. The normalized spacial score (nSPS) is 18.5. The predicted octanol–water partition coefficient (Wildman–Crippen LogP) is 3.69. The average Bonchev–Trinajstić information content (AvgIpc) is 2.79. The molecule has 0 saturated heterocycles. The standard InChI is InChI=1S/C24H25N3O/c25-15-17-1-5-20(6-2-17)23-13-22(19-9-11-27-12-10-19)14-24(28-23)21-7-3-18(16-26)4-8-21/h1-11,13-14,23,27H,12,15-16,25-26H2. The van der Waals surface area contributed by atoms with Crippen molar-refractivity contribution in [1.82, 2.24) is 5.32 Å². The van der Waals surface area contributed by atoms with E-state index in [0.717, 1.165) is 40.1 Å². The Balaban J connectivity index is 1.71. The lowest BCUT2D eigenvalue weighted by Gasteiger charge is -2.25. The molecule has 0 fully saturated rings. The summed E-state index contributed by atoms with van der Waals surface area (Å²) in [6.07, 6.45) is 10.4. The van der Waals surface area contributed by atoms with Crippen LogP contribution in [-0.4, -0.2) is 6.54 Å². The van der Waals surface area contributed by atoms with Gasteiger partial charge in [0.25, 0.3) is 0 Å². The van der Waals surface area contributed by atoms with Crippen LogP contribution in [0.2, 0.25) is 0 Å². The minimum absolute atomic E-state index is 0.153. The summed E-state index contributed by atoms with van der Waals surface area (Å²) >= 11 is 0. The zero-order valence-corrected chi connectivity index (χ0v) is 15.8. The van der Waals surface area contributed by atoms with Gasteiger partial charge in [-0.15, -0.1) is 0 Å². The van der Waals surface area contributed by atoms with E-state index in [0.29, 0.717) is 13.1 Å². The number of hydrogen-bond acceptors (Lipinski definition) is 4. The Kier molecular flexibility index (Phi) is 5.42. The second-order valence-corrected chi connectivity index (χ2v) is 6.92. The van der Waals surface area contributed by atoms with Crippen molar-refractivity contribution in [1.29, 1.82) is 0 Å². The zero-order valence-electron chi connectivity index (χ0n) is 15.8. The number of hydrogen-bond donors (Lipinski definition) is 3. The predicted molar refractivity (Wildman–Crippen MR) is 114 cm³/mol. The van der Waals surface area contributed by atoms with Crippen LogP contribution in [0.15, 0.2) is 90.2 Å². The molecule has 4 rings (SSSR count). The second kappa shape index (κ2) is 8.30. The number of benzene rings is 2. The topological polar surface area (TPSA) is 73.3 Å². The lowest BCUT2D eigenvalue weighted by molar-refractivity contribution is 0.211. The van der Waals surface area contributed by atoms with E-state index in [2.05, 4.69) is 66.0 Å². The third-order valence-electron chi connectivity index (χ3n) is 5.04. The van der Waals surface area contributed by atoms with E-state index in [1.165, 1.54) is 5.57 Å². The van der Waals surface area contributed by atoms with Gasteiger partial charge >= 0.3 is 0 Å². The first kappa shape index (κ1) is 18.3. The van der Waals surface area contributed by atoms with Crippen LogP contribution < -0.4 is 16.8 Å². The molecule has 0 bridgehead atoms. The van der Waals surface area contributed by atoms with Gasteiger partial charge in [0, 0.05) is 25.2 Å². The molecular weight excluding hydrogens is 346 g/mol. The Hall–Kier alpha value is -3.08. The van der Waals surface area contributed by atoms with Crippen molar-refractivity contribution in [2.45, 2.75) is 19.2 Å². The van der Waals surface area contributed by atoms with Gasteiger partial charge in [0.05, 0.1) is 0 Å². The van der Waals surface area contributed by atoms with Crippen LogP contribution in [0, 0.1) is 0 Å². The molecule has 0 radical (unpaired) electrons. The molecule has 0 aromatic heterocycles. The number of ether oxygens (including phenoxy) is 1. The lowest BCUT2D eigenvalue weighted by atomic mass is 9.95. The third-order valence-corrected chi connectivity index (χ3v) is 5.04. The molecule has 2 aromatic rings. The van der Waals surface area contributed by atoms with E-state index in [9.17, 15) is 0 Å². The summed E-state index contributed by atoms with van der Waals surface area (Å²) in [6, 6.07) is 16.5. The summed E-state index contributed by atoms with van der Waals surface area (Å²) in [5.74, 6) is 0.863. The highest BCUT2D eigenvalue weighted by Crippen LogP contribution is 2.36. The van der Waals surface area contributed by atoms with Crippen LogP contribution in [0.3, 0.4) is 0 Å². The zero-order chi connectivity index (χ0) is 19.3. The van der Waals surface area contributed by atoms with Gasteiger partial charge in [-0.05, 0) is 52.3 Å². The van der Waals surface area contributed by atoms with Crippen molar-refractivity contribution >= 4 is 5.76 Å². The highest BCUT2D eigenvalue weighted by Gasteiger charge is 2.21. The molecule has 4 nitrogen and oxygen atoms in total. The third kappa shape index (κ3) is 3.93. The molecular formula is C24H25N3O. The fourth-order valence-corrected chi connectivity index (χ4v) is 3.37. The molecule has 142 valence electrons. The van der Waals surface area contributed by atoms with E-state index in [1.807, 2.05) is 18.3 Å². The Morgan fingerprint density at radius 3 is 2.18 bits per heavy atom. The van der Waals surface area contributed by atoms with E-state index < -0.39 is 0 Å².